The predicted octanol–water partition coefficient (Wildman–Crippen LogP) is 1.27. The molecule has 2 unspecified atom stereocenters. The number of carbonyl (C=O) groups is 1. The van der Waals surface area contributed by atoms with Crippen molar-refractivity contribution < 1.29 is 19.4 Å². The first-order chi connectivity index (χ1) is 10.6. The molecule has 1 aromatic carbocycles. The Morgan fingerprint density at radius 2 is 2.00 bits per heavy atom. The Balaban J connectivity index is 0.00000264. The minimum absolute atomic E-state index is 0. The van der Waals surface area contributed by atoms with E-state index in [0.29, 0.717) is 23.6 Å². The largest absolute Gasteiger partial charge is 0.497 e. The van der Waals surface area contributed by atoms with Crippen LogP contribution >= 0.6 is 12.4 Å². The number of piperidine rings is 1. The van der Waals surface area contributed by atoms with E-state index >= 15 is 0 Å². The molecule has 1 fully saturated rings. The topological polar surface area (TPSA) is 79.8 Å². The van der Waals surface area contributed by atoms with Crippen LogP contribution in [0.15, 0.2) is 18.2 Å². The van der Waals surface area contributed by atoms with Gasteiger partial charge >= 0.3 is 0 Å². The Labute approximate surface area is 143 Å². The molecule has 3 N–H and O–H groups in total. The molecule has 0 radical (unpaired) electrons. The molecule has 2 rings (SSSR count). The number of amides is 1. The molecule has 1 aliphatic rings. The number of aliphatic hydroxyl groups excluding tert-OH is 1. The van der Waals surface area contributed by atoms with Gasteiger partial charge in [0.15, 0.2) is 0 Å². The average molecular weight is 345 g/mol. The van der Waals surface area contributed by atoms with Crippen LogP contribution in [0.5, 0.6) is 11.5 Å². The van der Waals surface area contributed by atoms with Crippen LogP contribution in [0, 0.1) is 5.92 Å². The smallest absolute Gasteiger partial charge is 0.224 e. The highest BCUT2D eigenvalue weighted by molar-refractivity contribution is 5.85. The van der Waals surface area contributed by atoms with Crippen molar-refractivity contribution in [2.24, 2.45) is 5.92 Å². The monoisotopic (exact) mass is 344 g/mol. The molecule has 0 aromatic heterocycles. The highest BCUT2D eigenvalue weighted by Gasteiger charge is 2.21. The fourth-order valence-electron chi connectivity index (χ4n) is 2.56. The summed E-state index contributed by atoms with van der Waals surface area (Å²) in [6.07, 6.45) is 1.10. The molecule has 0 bridgehead atoms. The number of ether oxygens (including phenoxy) is 2. The zero-order chi connectivity index (χ0) is 15.9. The van der Waals surface area contributed by atoms with Gasteiger partial charge in [-0.2, -0.15) is 0 Å². The first-order valence-corrected chi connectivity index (χ1v) is 7.53. The summed E-state index contributed by atoms with van der Waals surface area (Å²) in [5.74, 6) is 1.19. The summed E-state index contributed by atoms with van der Waals surface area (Å²) in [4.78, 5) is 12.1. The van der Waals surface area contributed by atoms with E-state index in [2.05, 4.69) is 10.6 Å². The third-order valence-electron chi connectivity index (χ3n) is 3.90. The van der Waals surface area contributed by atoms with Gasteiger partial charge in [-0.05, 0) is 37.1 Å². The number of methoxy groups -OCH3 is 2. The summed E-state index contributed by atoms with van der Waals surface area (Å²) in [7, 11) is 3.12. The standard InChI is InChI=1S/C16H24N2O4.ClH/c1-21-13-6-12(7-14(8-13)22-2)15(19)10-18-16(20)11-4-3-5-17-9-11;/h6-8,11,15,17,19H,3-5,9-10H2,1-2H3,(H,18,20);1H. The van der Waals surface area contributed by atoms with E-state index in [1.54, 1.807) is 32.4 Å². The zero-order valence-electron chi connectivity index (χ0n) is 13.5. The van der Waals surface area contributed by atoms with Crippen LogP contribution in [-0.2, 0) is 4.79 Å². The lowest BCUT2D eigenvalue weighted by Gasteiger charge is -2.22. The minimum atomic E-state index is -0.801. The van der Waals surface area contributed by atoms with Gasteiger partial charge in [-0.3, -0.25) is 4.79 Å². The third kappa shape index (κ3) is 5.57. The van der Waals surface area contributed by atoms with E-state index in [9.17, 15) is 9.90 Å². The Morgan fingerprint density at radius 3 is 2.52 bits per heavy atom. The molecular weight excluding hydrogens is 320 g/mol. The maximum Gasteiger partial charge on any atom is 0.224 e. The molecule has 0 saturated carbocycles. The van der Waals surface area contributed by atoms with Crippen molar-refractivity contribution in [1.29, 1.82) is 0 Å². The van der Waals surface area contributed by atoms with Crippen molar-refractivity contribution in [3.05, 3.63) is 23.8 Å². The number of halogens is 1. The van der Waals surface area contributed by atoms with Crippen LogP contribution < -0.4 is 20.1 Å². The zero-order valence-corrected chi connectivity index (χ0v) is 14.3. The quantitative estimate of drug-likeness (QED) is 0.724. The van der Waals surface area contributed by atoms with Crippen molar-refractivity contribution in [2.45, 2.75) is 18.9 Å². The summed E-state index contributed by atoms with van der Waals surface area (Å²) in [5, 5.41) is 16.3. The van der Waals surface area contributed by atoms with Crippen LogP contribution in [0.1, 0.15) is 24.5 Å². The molecule has 0 spiro atoms. The molecule has 1 heterocycles. The van der Waals surface area contributed by atoms with E-state index in [0.717, 1.165) is 19.4 Å². The van der Waals surface area contributed by atoms with Gasteiger partial charge in [0.25, 0.3) is 0 Å². The number of carbonyl (C=O) groups excluding carboxylic acids is 1. The average Bonchev–Trinajstić information content (AvgIpc) is 2.59. The molecule has 6 nitrogen and oxygen atoms in total. The number of nitrogens with one attached hydrogen (secondary N) is 2. The van der Waals surface area contributed by atoms with Gasteiger partial charge in [0, 0.05) is 19.2 Å². The lowest BCUT2D eigenvalue weighted by atomic mass is 9.98. The van der Waals surface area contributed by atoms with Crippen molar-refractivity contribution in [1.82, 2.24) is 10.6 Å². The highest BCUT2D eigenvalue weighted by atomic mass is 35.5. The Bertz CT molecular complexity index is 485. The molecular formula is C16H25ClN2O4. The van der Waals surface area contributed by atoms with Gasteiger partial charge in [0.1, 0.15) is 11.5 Å². The van der Waals surface area contributed by atoms with E-state index in [1.807, 2.05) is 0 Å². The fraction of sp³-hybridized carbons (Fsp3) is 0.562. The summed E-state index contributed by atoms with van der Waals surface area (Å²) in [6, 6.07) is 5.21. The van der Waals surface area contributed by atoms with Crippen LogP contribution in [-0.4, -0.2) is 44.9 Å². The number of rotatable bonds is 6. The van der Waals surface area contributed by atoms with Gasteiger partial charge in [0.2, 0.25) is 5.91 Å². The number of hydrogen-bond donors (Lipinski definition) is 3. The normalized spacial score (nSPS) is 18.5. The molecule has 23 heavy (non-hydrogen) atoms. The highest BCUT2D eigenvalue weighted by Crippen LogP contribution is 2.26. The Morgan fingerprint density at radius 1 is 1.35 bits per heavy atom. The second kappa shape index (κ2) is 9.60. The van der Waals surface area contributed by atoms with Gasteiger partial charge in [-0.1, -0.05) is 0 Å². The number of hydrogen-bond acceptors (Lipinski definition) is 5. The van der Waals surface area contributed by atoms with Crippen LogP contribution in [0.2, 0.25) is 0 Å². The first kappa shape index (κ1) is 19.5. The Kier molecular flexibility index (Phi) is 8.16. The second-order valence-electron chi connectivity index (χ2n) is 5.45. The molecule has 130 valence electrons. The molecule has 1 aromatic rings. The summed E-state index contributed by atoms with van der Waals surface area (Å²) < 4.78 is 10.4. The van der Waals surface area contributed by atoms with Crippen LogP contribution in [0.3, 0.4) is 0 Å². The van der Waals surface area contributed by atoms with Gasteiger partial charge < -0.3 is 25.2 Å². The molecule has 1 amide bonds. The van der Waals surface area contributed by atoms with Gasteiger partial charge in [-0.15, -0.1) is 12.4 Å². The maximum atomic E-state index is 12.1. The number of aliphatic hydroxyl groups is 1. The predicted molar refractivity (Wildman–Crippen MR) is 90.4 cm³/mol. The van der Waals surface area contributed by atoms with Crippen molar-refractivity contribution in [2.75, 3.05) is 33.9 Å². The van der Waals surface area contributed by atoms with Gasteiger partial charge in [0.05, 0.1) is 26.2 Å². The third-order valence-corrected chi connectivity index (χ3v) is 3.90. The van der Waals surface area contributed by atoms with Gasteiger partial charge in [-0.25, -0.2) is 0 Å². The number of benzene rings is 1. The minimum Gasteiger partial charge on any atom is -0.497 e. The summed E-state index contributed by atoms with van der Waals surface area (Å²) in [6.45, 7) is 1.84. The fourth-order valence-corrected chi connectivity index (χ4v) is 2.56. The second-order valence-corrected chi connectivity index (χ2v) is 5.45. The molecule has 2 atom stereocenters. The van der Waals surface area contributed by atoms with Crippen molar-refractivity contribution >= 4 is 18.3 Å². The Hall–Kier alpha value is -1.50. The van der Waals surface area contributed by atoms with E-state index in [1.165, 1.54) is 0 Å². The molecule has 1 aliphatic heterocycles. The van der Waals surface area contributed by atoms with E-state index in [4.69, 9.17) is 9.47 Å². The van der Waals surface area contributed by atoms with Crippen LogP contribution in [0.25, 0.3) is 0 Å². The van der Waals surface area contributed by atoms with E-state index in [-0.39, 0.29) is 30.8 Å². The lowest BCUT2D eigenvalue weighted by Crippen LogP contribution is -2.41. The van der Waals surface area contributed by atoms with E-state index < -0.39 is 6.10 Å². The lowest BCUT2D eigenvalue weighted by molar-refractivity contribution is -0.125. The summed E-state index contributed by atoms with van der Waals surface area (Å²) in [5.41, 5.74) is 0.651. The SMILES string of the molecule is COc1cc(OC)cc(C(O)CNC(=O)C2CCCNC2)c1.Cl. The first-order valence-electron chi connectivity index (χ1n) is 7.53. The van der Waals surface area contributed by atoms with Crippen molar-refractivity contribution in [3.8, 4) is 11.5 Å². The van der Waals surface area contributed by atoms with Crippen molar-refractivity contribution in [3.63, 3.8) is 0 Å². The van der Waals surface area contributed by atoms with Crippen LogP contribution in [0.4, 0.5) is 0 Å². The molecule has 1 saturated heterocycles. The summed E-state index contributed by atoms with van der Waals surface area (Å²) >= 11 is 0. The molecule has 0 aliphatic carbocycles. The maximum absolute atomic E-state index is 12.1. The molecule has 7 heteroatoms.